The fourth-order valence-corrected chi connectivity index (χ4v) is 9.21. The quantitative estimate of drug-likeness (QED) is 0.0518. The number of imidazole rings is 2. The Bertz CT molecular complexity index is 4210. The normalized spacial score (nSPS) is 11.0. The van der Waals surface area contributed by atoms with Crippen LogP contribution in [0.3, 0.4) is 0 Å². The third-order valence-electron chi connectivity index (χ3n) is 13.5. The first kappa shape index (κ1) is 59.8. The summed E-state index contributed by atoms with van der Waals surface area (Å²) in [5.41, 5.74) is 0.938. The Balaban J connectivity index is 0.000000205. The molecule has 4 aromatic heterocycles. The maximum atomic E-state index is 15.4. The van der Waals surface area contributed by atoms with Gasteiger partial charge in [-0.3, -0.25) is 9.59 Å². The van der Waals surface area contributed by atoms with E-state index in [0.717, 1.165) is 60.7 Å². The predicted molar refractivity (Wildman–Crippen MR) is 298 cm³/mol. The molecule has 0 aliphatic heterocycles. The van der Waals surface area contributed by atoms with Crippen LogP contribution in [0.5, 0.6) is 11.8 Å². The van der Waals surface area contributed by atoms with Crippen molar-refractivity contribution >= 4 is 34.0 Å². The first-order chi connectivity index (χ1) is 41.3. The van der Waals surface area contributed by atoms with E-state index in [-0.39, 0.29) is 118 Å². The molecule has 10 rings (SSSR count). The number of carboxylic acid groups (broad SMARTS) is 2. The number of fused-ring (bicyclic) bond motifs is 2. The van der Waals surface area contributed by atoms with Gasteiger partial charge in [-0.25, -0.2) is 45.9 Å². The van der Waals surface area contributed by atoms with E-state index in [1.807, 2.05) is 12.1 Å². The van der Waals surface area contributed by atoms with E-state index in [9.17, 15) is 38.2 Å². The summed E-state index contributed by atoms with van der Waals surface area (Å²) in [5, 5.41) is 36.6. The summed E-state index contributed by atoms with van der Waals surface area (Å²) in [6.07, 6.45) is -0.223. The number of hydrogen-bond acceptors (Lipinski definition) is 12. The predicted octanol–water partition coefficient (Wildman–Crippen LogP) is 10.4. The Hall–Kier alpha value is -10.8. The molecule has 0 amide bonds. The number of aromatic carboxylic acids is 2. The molecular formula is C62H46F6N8O10. The zero-order chi connectivity index (χ0) is 61.3. The van der Waals surface area contributed by atoms with Crippen molar-refractivity contribution in [2.24, 2.45) is 0 Å². The molecule has 86 heavy (non-hydrogen) atoms. The number of benzene rings is 6. The smallest absolute Gasteiger partial charge is 0.335 e. The number of methoxy groups -OCH3 is 2. The number of carboxylic acids is 2. The first-order valence-corrected chi connectivity index (χ1v) is 25.8. The summed E-state index contributed by atoms with van der Waals surface area (Å²) in [6, 6.07) is 28.4. The molecule has 10 aromatic rings. The molecule has 0 bridgehead atoms. The van der Waals surface area contributed by atoms with Gasteiger partial charge in [0.1, 0.15) is 59.8 Å². The minimum absolute atomic E-state index is 0.0141. The highest BCUT2D eigenvalue weighted by molar-refractivity contribution is 5.93. The highest BCUT2D eigenvalue weighted by Gasteiger charge is 2.22. The molecule has 18 nitrogen and oxygen atoms in total. The average molecular weight is 1180 g/mol. The minimum atomic E-state index is -1.11. The second-order valence-electron chi connectivity index (χ2n) is 19.2. The number of ether oxygens (including phenoxy) is 4. The standard InChI is InChI=1S/2C31H23F3N4O5/c2*1-42-7-6-38-28-10-18(31(40)41)4-5-26(28)36-29(38)11-20-9-25(34)22(14-24(20)33)27-12-21(39)13-30(37-27)43-16-19-3-2-17(15-35)8-23(19)32/h2*2-5,8-10,12-14H,6-7,11,16H2,1H3,(H,37,39)(H,40,41). The van der Waals surface area contributed by atoms with Crippen LogP contribution in [-0.4, -0.2) is 78.7 Å². The number of aromatic amines is 2. The van der Waals surface area contributed by atoms with E-state index in [1.165, 1.54) is 62.8 Å². The van der Waals surface area contributed by atoms with Gasteiger partial charge < -0.3 is 48.3 Å². The number of hydrogen-bond donors (Lipinski definition) is 4. The Morgan fingerprint density at radius 3 is 1.27 bits per heavy atom. The van der Waals surface area contributed by atoms with E-state index in [2.05, 4.69) is 19.9 Å². The topological polar surface area (TPSA) is 260 Å². The van der Waals surface area contributed by atoms with Crippen molar-refractivity contribution in [2.45, 2.75) is 39.1 Å². The van der Waals surface area contributed by atoms with Gasteiger partial charge in [0.05, 0.1) is 81.1 Å². The molecule has 6 aromatic carbocycles. The second-order valence-corrected chi connectivity index (χ2v) is 19.2. The Kier molecular flexibility index (Phi) is 18.2. The van der Waals surface area contributed by atoms with E-state index in [1.54, 1.807) is 21.3 Å². The van der Waals surface area contributed by atoms with Gasteiger partial charge in [-0.05, 0) is 96.1 Å². The lowest BCUT2D eigenvalue weighted by atomic mass is 10.0. The molecule has 0 aliphatic carbocycles. The number of rotatable bonds is 20. The summed E-state index contributed by atoms with van der Waals surface area (Å²) in [4.78, 5) is 62.1. The molecule has 436 valence electrons. The lowest BCUT2D eigenvalue weighted by Gasteiger charge is -2.12. The van der Waals surface area contributed by atoms with Gasteiger partial charge in [-0.2, -0.15) is 10.5 Å². The van der Waals surface area contributed by atoms with E-state index >= 15 is 17.6 Å². The number of nitriles is 2. The Morgan fingerprint density at radius 2 is 0.907 bits per heavy atom. The van der Waals surface area contributed by atoms with E-state index < -0.39 is 57.7 Å². The number of H-pyrrole nitrogens is 2. The van der Waals surface area contributed by atoms with Crippen LogP contribution in [0.2, 0.25) is 0 Å². The highest BCUT2D eigenvalue weighted by Crippen LogP contribution is 2.31. The van der Waals surface area contributed by atoms with Crippen LogP contribution in [0.15, 0.2) is 131 Å². The zero-order valence-electron chi connectivity index (χ0n) is 45.3. The second kappa shape index (κ2) is 26.2. The fourth-order valence-electron chi connectivity index (χ4n) is 9.21. The highest BCUT2D eigenvalue weighted by atomic mass is 19.1. The zero-order valence-corrected chi connectivity index (χ0v) is 45.3. The van der Waals surface area contributed by atoms with Crippen LogP contribution < -0.4 is 20.3 Å². The number of nitrogens with zero attached hydrogens (tertiary/aromatic N) is 6. The van der Waals surface area contributed by atoms with Crippen molar-refractivity contribution in [3.05, 3.63) is 233 Å². The SMILES string of the molecule is COCCn1c(Cc2cc(F)c(-c3cc(=O)cc(OCc4ccc(C#N)cc4F)[nH]3)cc2F)nc2ccc(C(=O)O)cc21.COCCn1c(Cc2cc(F)c(-c3cc(=O)cc(OCc4ccc(C#N)cc4F)[nH]3)cc2F)nc2ccc(C(=O)O)cc21. The van der Waals surface area contributed by atoms with Gasteiger partial charge in [0, 0.05) is 86.7 Å². The first-order valence-electron chi connectivity index (χ1n) is 25.8. The molecule has 0 radical (unpaired) electrons. The van der Waals surface area contributed by atoms with E-state index in [0.29, 0.717) is 46.8 Å². The summed E-state index contributed by atoms with van der Waals surface area (Å²) in [6.45, 7) is 0.571. The van der Waals surface area contributed by atoms with Crippen molar-refractivity contribution in [1.29, 1.82) is 10.5 Å². The van der Waals surface area contributed by atoms with Crippen molar-refractivity contribution in [1.82, 2.24) is 29.1 Å². The number of pyridine rings is 2. The Morgan fingerprint density at radius 1 is 0.512 bits per heavy atom. The monoisotopic (exact) mass is 1180 g/mol. The molecular weight excluding hydrogens is 1130 g/mol. The van der Waals surface area contributed by atoms with Crippen molar-refractivity contribution in [3.63, 3.8) is 0 Å². The van der Waals surface area contributed by atoms with Gasteiger partial charge in [0.15, 0.2) is 22.6 Å². The molecule has 0 spiro atoms. The van der Waals surface area contributed by atoms with Crippen LogP contribution in [0, 0.1) is 57.6 Å². The number of carbonyl (C=O) groups is 2. The third-order valence-corrected chi connectivity index (χ3v) is 13.5. The molecule has 0 unspecified atom stereocenters. The lowest BCUT2D eigenvalue weighted by Crippen LogP contribution is -2.10. The maximum absolute atomic E-state index is 15.4. The fraction of sp³-hybridized carbons (Fsp3) is 0.161. The molecule has 0 fully saturated rings. The minimum Gasteiger partial charge on any atom is -0.478 e. The van der Waals surface area contributed by atoms with Crippen molar-refractivity contribution < 1.29 is 65.1 Å². The summed E-state index contributed by atoms with van der Waals surface area (Å²) in [7, 11) is 3.01. The van der Waals surface area contributed by atoms with Gasteiger partial charge >= 0.3 is 11.9 Å². The number of halogens is 6. The number of aromatic nitrogens is 6. The van der Waals surface area contributed by atoms with Crippen LogP contribution in [-0.2, 0) is 48.6 Å². The summed E-state index contributed by atoms with van der Waals surface area (Å²) >= 11 is 0. The van der Waals surface area contributed by atoms with Gasteiger partial charge in [0.2, 0.25) is 0 Å². The molecule has 24 heteroatoms. The largest absolute Gasteiger partial charge is 0.478 e. The molecule has 0 aliphatic rings. The number of nitrogens with one attached hydrogen (secondary N) is 2. The van der Waals surface area contributed by atoms with Gasteiger partial charge in [-0.15, -0.1) is 0 Å². The third kappa shape index (κ3) is 13.6. The van der Waals surface area contributed by atoms with Crippen molar-refractivity contribution in [3.8, 4) is 46.4 Å². The van der Waals surface area contributed by atoms with E-state index in [4.69, 9.17) is 29.5 Å². The molecule has 0 saturated carbocycles. The van der Waals surface area contributed by atoms with Crippen LogP contribution in [0.4, 0.5) is 26.3 Å². The van der Waals surface area contributed by atoms with Crippen LogP contribution in [0.1, 0.15) is 65.7 Å². The van der Waals surface area contributed by atoms with Gasteiger partial charge in [0.25, 0.3) is 0 Å². The molecule has 4 heterocycles. The molecule has 0 saturated heterocycles. The Labute approximate surface area is 482 Å². The van der Waals surface area contributed by atoms with Crippen molar-refractivity contribution in [2.75, 3.05) is 27.4 Å². The average Bonchev–Trinajstić information content (AvgIpc) is 3.20. The summed E-state index contributed by atoms with van der Waals surface area (Å²) < 4.78 is 115. The van der Waals surface area contributed by atoms with Gasteiger partial charge in [-0.1, -0.05) is 12.1 Å². The maximum Gasteiger partial charge on any atom is 0.335 e. The van der Waals surface area contributed by atoms with Crippen LogP contribution >= 0.6 is 0 Å². The lowest BCUT2D eigenvalue weighted by molar-refractivity contribution is 0.0686. The van der Waals surface area contributed by atoms with Crippen LogP contribution in [0.25, 0.3) is 44.6 Å². The molecule has 0 atom stereocenters. The summed E-state index contributed by atoms with van der Waals surface area (Å²) in [5.74, 6) is -6.17. The molecule has 4 N–H and O–H groups in total.